The highest BCUT2D eigenvalue weighted by Crippen LogP contribution is 2.40. The minimum absolute atomic E-state index is 0.932. The van der Waals surface area contributed by atoms with Crippen molar-refractivity contribution in [1.82, 2.24) is 0 Å². The zero-order valence-electron chi connectivity index (χ0n) is 5.35. The van der Waals surface area contributed by atoms with E-state index in [1.54, 1.807) is 10.8 Å². The van der Waals surface area contributed by atoms with Crippen LogP contribution in [0.2, 0.25) is 0 Å². The van der Waals surface area contributed by atoms with Crippen LogP contribution in [0.15, 0.2) is 0 Å². The molecule has 0 spiro atoms. The molecule has 0 unspecified atom stereocenters. The third kappa shape index (κ3) is 1.49. The van der Waals surface area contributed by atoms with Crippen molar-refractivity contribution >= 4 is 18.9 Å². The van der Waals surface area contributed by atoms with Gasteiger partial charge in [0.1, 0.15) is 0 Å². The quantitative estimate of drug-likeness (QED) is 0.484. The summed E-state index contributed by atoms with van der Waals surface area (Å²) in [5.74, 6) is 2.03. The first kappa shape index (κ1) is 6.62. The van der Waals surface area contributed by atoms with Crippen LogP contribution in [0.3, 0.4) is 0 Å². The van der Waals surface area contributed by atoms with E-state index in [0.717, 1.165) is 17.9 Å². The molecule has 1 saturated heterocycles. The molecule has 0 aromatic heterocycles. The second kappa shape index (κ2) is 1.51. The maximum atomic E-state index is 11.6. The fourth-order valence-corrected chi connectivity index (χ4v) is 5.50. The van der Waals surface area contributed by atoms with E-state index >= 15 is 0 Å². The average Bonchev–Trinajstić information content (AvgIpc) is 1.81. The summed E-state index contributed by atoms with van der Waals surface area (Å²) in [6.45, 7) is 0. The number of hydrogen-bond acceptors (Lipinski definition) is 2. The lowest BCUT2D eigenvalue weighted by Crippen LogP contribution is -2.23. The third-order valence-corrected chi connectivity index (χ3v) is 7.15. The van der Waals surface area contributed by atoms with Crippen molar-refractivity contribution < 1.29 is 4.21 Å². The molecule has 0 bridgehead atoms. The van der Waals surface area contributed by atoms with Gasteiger partial charge in [0.05, 0.1) is 0 Å². The molecule has 0 atom stereocenters. The van der Waals surface area contributed by atoms with Crippen molar-refractivity contribution in [3.8, 4) is 0 Å². The van der Waals surface area contributed by atoms with Crippen LogP contribution < -0.4 is 0 Å². The summed E-state index contributed by atoms with van der Waals surface area (Å²) in [4.78, 5) is 0. The van der Waals surface area contributed by atoms with Gasteiger partial charge in [0.15, 0.2) is 0 Å². The lowest BCUT2D eigenvalue weighted by atomic mass is 10.6. The molecular formula is C5H12OS2. The zero-order chi connectivity index (χ0) is 6.28. The smallest absolute Gasteiger partial charge is 0.0124 e. The van der Waals surface area contributed by atoms with Gasteiger partial charge in [0.2, 0.25) is 0 Å². The lowest BCUT2D eigenvalue weighted by Gasteiger charge is -2.25. The molecule has 0 aromatic rings. The van der Waals surface area contributed by atoms with Crippen LogP contribution in [0.4, 0.5) is 0 Å². The molecule has 0 amide bonds. The maximum Gasteiger partial charge on any atom is 0.0124 e. The van der Waals surface area contributed by atoms with E-state index in [0.29, 0.717) is 0 Å². The molecule has 0 radical (unpaired) electrons. The first-order valence-corrected chi connectivity index (χ1v) is 7.18. The highest BCUT2D eigenvalue weighted by molar-refractivity contribution is 8.85. The molecule has 0 saturated carbocycles. The Morgan fingerprint density at radius 3 is 2.25 bits per heavy atom. The fraction of sp³-hybridized carbons (Fsp3) is 1.00. The molecule has 0 aromatic carbocycles. The van der Waals surface area contributed by atoms with Crippen LogP contribution in [-0.4, -0.2) is 28.2 Å². The summed E-state index contributed by atoms with van der Waals surface area (Å²) in [6.07, 6.45) is 4.94. The van der Waals surface area contributed by atoms with Crippen LogP contribution in [-0.2, 0) is 8.10 Å². The maximum absolute atomic E-state index is 11.6. The summed E-state index contributed by atoms with van der Waals surface area (Å²) < 4.78 is 11.6. The molecule has 50 valence electrons. The van der Waals surface area contributed by atoms with Crippen LogP contribution in [0.25, 0.3) is 0 Å². The molecule has 0 N–H and O–H groups in total. The first-order valence-electron chi connectivity index (χ1n) is 2.73. The molecule has 1 nitrogen and oxygen atoms in total. The van der Waals surface area contributed by atoms with Crippen molar-refractivity contribution in [2.45, 2.75) is 6.42 Å². The lowest BCUT2D eigenvalue weighted by molar-refractivity contribution is 0.676. The Labute approximate surface area is 54.0 Å². The molecule has 0 aliphatic carbocycles. The van der Waals surface area contributed by atoms with Gasteiger partial charge in [-0.25, -0.2) is 0 Å². The second-order valence-electron chi connectivity index (χ2n) is 2.84. The van der Waals surface area contributed by atoms with Crippen LogP contribution >= 0.6 is 10.8 Å². The normalized spacial score (nSPS) is 38.0. The fourth-order valence-electron chi connectivity index (χ4n) is 0.843. The standard InChI is InChI=1S/C5H12OS2/c1-8(2,6)5-3-4-7-8/h3-5H2,1-2H3. The van der Waals surface area contributed by atoms with Crippen LogP contribution in [0.5, 0.6) is 0 Å². The molecule has 1 aliphatic rings. The van der Waals surface area contributed by atoms with Crippen molar-refractivity contribution in [3.05, 3.63) is 0 Å². The van der Waals surface area contributed by atoms with Gasteiger partial charge in [-0.1, -0.05) is 18.9 Å². The summed E-state index contributed by atoms with van der Waals surface area (Å²) >= 11 is 0. The van der Waals surface area contributed by atoms with Gasteiger partial charge in [-0.2, -0.15) is 0 Å². The van der Waals surface area contributed by atoms with Crippen molar-refractivity contribution in [1.29, 1.82) is 0 Å². The predicted octanol–water partition coefficient (Wildman–Crippen LogP) is 1.12. The van der Waals surface area contributed by atoms with E-state index in [1.165, 1.54) is 0 Å². The number of hydrogen-bond donors (Lipinski definition) is 0. The largest absolute Gasteiger partial charge is 0.273 e. The van der Waals surface area contributed by atoms with Gasteiger partial charge in [-0.05, 0) is 6.42 Å². The summed E-state index contributed by atoms with van der Waals surface area (Å²) in [6, 6.07) is 0. The Bertz CT molecular complexity index is 144. The summed E-state index contributed by atoms with van der Waals surface area (Å²) in [7, 11) is -0.449. The van der Waals surface area contributed by atoms with E-state index in [4.69, 9.17) is 0 Å². The molecule has 3 heteroatoms. The van der Waals surface area contributed by atoms with Crippen molar-refractivity contribution in [2.24, 2.45) is 0 Å². The van der Waals surface area contributed by atoms with E-state index in [1.807, 2.05) is 12.5 Å². The minimum atomic E-state index is -2.10. The molecule has 1 heterocycles. The molecule has 1 rings (SSSR count). The highest BCUT2D eigenvalue weighted by atomic mass is 33.2. The molecular weight excluding hydrogens is 140 g/mol. The van der Waals surface area contributed by atoms with Gasteiger partial charge in [-0.3, -0.25) is 4.21 Å². The van der Waals surface area contributed by atoms with E-state index in [2.05, 4.69) is 0 Å². The molecule has 1 fully saturated rings. The summed E-state index contributed by atoms with van der Waals surface area (Å²) in [5, 5.41) is 0. The Balaban J connectivity index is 2.83. The first-order chi connectivity index (χ1) is 3.47. The Morgan fingerprint density at radius 1 is 1.50 bits per heavy atom. The number of rotatable bonds is 0. The van der Waals surface area contributed by atoms with Gasteiger partial charge in [0, 0.05) is 24.0 Å². The average molecular weight is 152 g/mol. The molecule has 8 heavy (non-hydrogen) atoms. The Kier molecular flexibility index (Phi) is 1.25. The Morgan fingerprint density at radius 2 is 2.12 bits per heavy atom. The highest BCUT2D eigenvalue weighted by Gasteiger charge is 2.30. The van der Waals surface area contributed by atoms with Gasteiger partial charge in [0.25, 0.3) is 0 Å². The van der Waals surface area contributed by atoms with E-state index in [-0.39, 0.29) is 0 Å². The zero-order valence-corrected chi connectivity index (χ0v) is 6.98. The minimum Gasteiger partial charge on any atom is -0.273 e. The third-order valence-electron chi connectivity index (χ3n) is 1.31. The van der Waals surface area contributed by atoms with Crippen molar-refractivity contribution in [3.63, 3.8) is 0 Å². The second-order valence-corrected chi connectivity index (χ2v) is 11.6. The summed E-state index contributed by atoms with van der Waals surface area (Å²) in [5.41, 5.74) is 0. The predicted molar refractivity (Wildman–Crippen MR) is 41.9 cm³/mol. The Hall–Kier alpha value is 0.500. The SMILES string of the molecule is CS1(C)(=O)CCCS1. The van der Waals surface area contributed by atoms with Gasteiger partial charge < -0.3 is 0 Å². The van der Waals surface area contributed by atoms with Gasteiger partial charge in [-0.15, -0.1) is 0 Å². The van der Waals surface area contributed by atoms with Gasteiger partial charge >= 0.3 is 0 Å². The van der Waals surface area contributed by atoms with Crippen LogP contribution in [0.1, 0.15) is 6.42 Å². The topological polar surface area (TPSA) is 17.1 Å². The van der Waals surface area contributed by atoms with Crippen molar-refractivity contribution in [2.75, 3.05) is 24.0 Å². The van der Waals surface area contributed by atoms with E-state index < -0.39 is 8.10 Å². The molecule has 1 aliphatic heterocycles. The monoisotopic (exact) mass is 152 g/mol. The van der Waals surface area contributed by atoms with E-state index in [9.17, 15) is 4.21 Å². The van der Waals surface area contributed by atoms with Crippen LogP contribution in [0, 0.1) is 0 Å².